The molecular weight excluding hydrogens is 606 g/mol. The van der Waals surface area contributed by atoms with Crippen molar-refractivity contribution in [3.05, 3.63) is 130 Å². The van der Waals surface area contributed by atoms with E-state index >= 15 is 0 Å². The van der Waals surface area contributed by atoms with Crippen LogP contribution in [0.5, 0.6) is 0 Å². The molecule has 0 heterocycles. The van der Waals surface area contributed by atoms with E-state index in [1.54, 1.807) is 24.3 Å². The molecule has 7 nitrogen and oxygen atoms in total. The van der Waals surface area contributed by atoms with E-state index in [-0.39, 0.29) is 23.8 Å². The summed E-state index contributed by atoms with van der Waals surface area (Å²) in [5.41, 5.74) is 4.01. The van der Waals surface area contributed by atoms with Crippen molar-refractivity contribution in [1.82, 2.24) is 10.2 Å². The number of benzene rings is 4. The highest BCUT2D eigenvalue weighted by Crippen LogP contribution is 2.26. The maximum Gasteiger partial charge on any atom is 0.264 e. The van der Waals surface area contributed by atoms with Gasteiger partial charge in [-0.15, -0.1) is 0 Å². The number of hydrogen-bond donors (Lipinski definition) is 1. The zero-order valence-electron chi connectivity index (χ0n) is 25.9. The maximum atomic E-state index is 14.5. The summed E-state index contributed by atoms with van der Waals surface area (Å²) >= 11 is 6.06. The number of sulfonamides is 1. The molecule has 0 radical (unpaired) electrons. The van der Waals surface area contributed by atoms with Gasteiger partial charge in [-0.2, -0.15) is 0 Å². The lowest BCUT2D eigenvalue weighted by atomic mass is 10.0. The minimum absolute atomic E-state index is 0.00359. The third-order valence-corrected chi connectivity index (χ3v) is 9.75. The predicted octanol–water partition coefficient (Wildman–Crippen LogP) is 6.71. The van der Waals surface area contributed by atoms with Crippen molar-refractivity contribution in [3.8, 4) is 0 Å². The van der Waals surface area contributed by atoms with E-state index in [0.717, 1.165) is 39.4 Å². The van der Waals surface area contributed by atoms with Crippen molar-refractivity contribution in [2.24, 2.45) is 0 Å². The van der Waals surface area contributed by atoms with Crippen LogP contribution in [0.1, 0.15) is 42.0 Å². The van der Waals surface area contributed by atoms with Crippen LogP contribution in [0.15, 0.2) is 108 Å². The fourth-order valence-corrected chi connectivity index (χ4v) is 6.54. The molecule has 0 saturated heterocycles. The topological polar surface area (TPSA) is 86.8 Å². The zero-order chi connectivity index (χ0) is 32.4. The normalized spacial score (nSPS) is 11.9. The van der Waals surface area contributed by atoms with Gasteiger partial charge in [-0.05, 0) is 73.4 Å². The fourth-order valence-electron chi connectivity index (χ4n) is 5.00. The SMILES string of the molecule is CCCCNC(=O)[C@H](Cc1ccccc1)N(Cc1ccccc1C)C(=O)CN(c1ccc(C)cc1)S(=O)(=O)c1ccc(Cl)cc1. The molecular formula is C36H40ClN3O4S. The third kappa shape index (κ3) is 8.96. The lowest BCUT2D eigenvalue weighted by Gasteiger charge is -2.34. The van der Waals surface area contributed by atoms with Gasteiger partial charge >= 0.3 is 0 Å². The molecule has 4 aromatic carbocycles. The highest BCUT2D eigenvalue weighted by Gasteiger charge is 2.34. The molecule has 0 bridgehead atoms. The molecule has 236 valence electrons. The van der Waals surface area contributed by atoms with E-state index in [1.165, 1.54) is 29.2 Å². The summed E-state index contributed by atoms with van der Waals surface area (Å²) < 4.78 is 29.3. The Morgan fingerprint density at radius 2 is 1.49 bits per heavy atom. The summed E-state index contributed by atoms with van der Waals surface area (Å²) in [7, 11) is -4.19. The highest BCUT2D eigenvalue weighted by atomic mass is 35.5. The molecule has 4 rings (SSSR count). The fraction of sp³-hybridized carbons (Fsp3) is 0.278. The Bertz CT molecular complexity index is 1680. The Kier molecular flexibility index (Phi) is 11.8. The number of carbonyl (C=O) groups is 2. The smallest absolute Gasteiger partial charge is 0.264 e. The molecule has 0 spiro atoms. The summed E-state index contributed by atoms with van der Waals surface area (Å²) in [6.07, 6.45) is 1.98. The Labute approximate surface area is 271 Å². The van der Waals surface area contributed by atoms with Crippen molar-refractivity contribution in [2.45, 2.75) is 57.5 Å². The largest absolute Gasteiger partial charge is 0.354 e. The molecule has 0 unspecified atom stereocenters. The van der Waals surface area contributed by atoms with Crippen molar-refractivity contribution in [2.75, 3.05) is 17.4 Å². The average molecular weight is 646 g/mol. The zero-order valence-corrected chi connectivity index (χ0v) is 27.5. The molecule has 0 aliphatic carbocycles. The second kappa shape index (κ2) is 15.7. The maximum absolute atomic E-state index is 14.5. The molecule has 45 heavy (non-hydrogen) atoms. The third-order valence-electron chi connectivity index (χ3n) is 7.71. The Morgan fingerprint density at radius 1 is 0.844 bits per heavy atom. The Hall–Kier alpha value is -4.14. The lowest BCUT2D eigenvalue weighted by Crippen LogP contribution is -2.53. The summed E-state index contributed by atoms with van der Waals surface area (Å²) in [4.78, 5) is 29.9. The Balaban J connectivity index is 1.79. The first-order chi connectivity index (χ1) is 21.6. The van der Waals surface area contributed by atoms with Gasteiger partial charge in [-0.3, -0.25) is 13.9 Å². The molecule has 0 fully saturated rings. The monoisotopic (exact) mass is 645 g/mol. The number of nitrogens with zero attached hydrogens (tertiary/aromatic N) is 2. The minimum Gasteiger partial charge on any atom is -0.354 e. The first-order valence-electron chi connectivity index (χ1n) is 15.1. The molecule has 0 saturated carbocycles. The van der Waals surface area contributed by atoms with Crippen LogP contribution in [-0.4, -0.2) is 44.3 Å². The summed E-state index contributed by atoms with van der Waals surface area (Å²) in [5.74, 6) is -0.778. The van der Waals surface area contributed by atoms with Gasteiger partial charge in [0.25, 0.3) is 10.0 Å². The first-order valence-corrected chi connectivity index (χ1v) is 16.9. The van der Waals surface area contributed by atoms with E-state index in [0.29, 0.717) is 17.3 Å². The molecule has 4 aromatic rings. The van der Waals surface area contributed by atoms with Gasteiger partial charge in [-0.25, -0.2) is 8.42 Å². The standard InChI is InChI=1S/C36H40ClN3O4S/c1-4-5-23-38-36(42)34(24-29-12-7-6-8-13-29)39(25-30-14-10-9-11-28(30)3)35(41)26-40(32-19-15-27(2)16-20-32)45(43,44)33-21-17-31(37)18-22-33/h6-22,34H,4-5,23-26H2,1-3H3,(H,38,42)/t34-/m0/s1. The number of rotatable bonds is 14. The van der Waals surface area contributed by atoms with Crippen molar-refractivity contribution < 1.29 is 18.0 Å². The number of amides is 2. The van der Waals surface area contributed by atoms with Gasteiger partial charge in [0.2, 0.25) is 11.8 Å². The highest BCUT2D eigenvalue weighted by molar-refractivity contribution is 7.92. The number of aryl methyl sites for hydroxylation is 2. The van der Waals surface area contributed by atoms with E-state index in [4.69, 9.17) is 11.6 Å². The van der Waals surface area contributed by atoms with Crippen LogP contribution >= 0.6 is 11.6 Å². The van der Waals surface area contributed by atoms with Crippen molar-refractivity contribution >= 4 is 39.1 Å². The van der Waals surface area contributed by atoms with Crippen LogP contribution in [0.25, 0.3) is 0 Å². The van der Waals surface area contributed by atoms with Gasteiger partial charge in [0.15, 0.2) is 0 Å². The number of unbranched alkanes of at least 4 members (excludes halogenated alkanes) is 1. The first kappa shape index (κ1) is 33.7. The van der Waals surface area contributed by atoms with E-state index in [9.17, 15) is 18.0 Å². The Morgan fingerprint density at radius 3 is 2.13 bits per heavy atom. The summed E-state index contributed by atoms with van der Waals surface area (Å²) in [5, 5.41) is 3.41. The molecule has 2 amide bonds. The van der Waals surface area contributed by atoms with E-state index in [2.05, 4.69) is 5.32 Å². The van der Waals surface area contributed by atoms with Gasteiger partial charge in [0.1, 0.15) is 12.6 Å². The van der Waals surface area contributed by atoms with Crippen LogP contribution in [0.4, 0.5) is 5.69 Å². The number of carbonyl (C=O) groups excluding carboxylic acids is 2. The van der Waals surface area contributed by atoms with Crippen LogP contribution in [0.2, 0.25) is 5.02 Å². The van der Waals surface area contributed by atoms with Crippen molar-refractivity contribution in [1.29, 1.82) is 0 Å². The van der Waals surface area contributed by atoms with Gasteiger partial charge in [0, 0.05) is 24.5 Å². The van der Waals surface area contributed by atoms with Crippen LogP contribution in [0, 0.1) is 13.8 Å². The van der Waals surface area contributed by atoms with Gasteiger partial charge in [-0.1, -0.05) is 97.2 Å². The number of hydrogen-bond acceptors (Lipinski definition) is 4. The van der Waals surface area contributed by atoms with Gasteiger partial charge < -0.3 is 10.2 Å². The molecule has 1 atom stereocenters. The number of halogens is 1. The number of anilines is 1. The average Bonchev–Trinajstić information content (AvgIpc) is 3.03. The van der Waals surface area contributed by atoms with Crippen LogP contribution < -0.4 is 9.62 Å². The molecule has 1 N–H and O–H groups in total. The van der Waals surface area contributed by atoms with E-state index in [1.807, 2.05) is 75.4 Å². The molecule has 9 heteroatoms. The summed E-state index contributed by atoms with van der Waals surface area (Å²) in [6.45, 7) is 6.01. The van der Waals surface area contributed by atoms with Crippen LogP contribution in [-0.2, 0) is 32.6 Å². The molecule has 0 aliphatic rings. The lowest BCUT2D eigenvalue weighted by molar-refractivity contribution is -0.140. The summed E-state index contributed by atoms with van der Waals surface area (Å²) in [6, 6.07) is 29.2. The predicted molar refractivity (Wildman–Crippen MR) is 181 cm³/mol. The molecule has 0 aromatic heterocycles. The second-order valence-electron chi connectivity index (χ2n) is 11.1. The van der Waals surface area contributed by atoms with Gasteiger partial charge in [0.05, 0.1) is 10.6 Å². The molecule has 0 aliphatic heterocycles. The minimum atomic E-state index is -4.19. The quantitative estimate of drug-likeness (QED) is 0.155. The van der Waals surface area contributed by atoms with Crippen LogP contribution in [0.3, 0.4) is 0 Å². The van der Waals surface area contributed by atoms with E-state index < -0.39 is 28.5 Å². The second-order valence-corrected chi connectivity index (χ2v) is 13.4. The van der Waals surface area contributed by atoms with Crippen molar-refractivity contribution in [3.63, 3.8) is 0 Å². The number of nitrogens with one attached hydrogen (secondary N) is 1.